The summed E-state index contributed by atoms with van der Waals surface area (Å²) in [5.74, 6) is -1.76. The molecule has 0 saturated carbocycles. The standard InChI is InChI=1S/C13H15N5O5/c1-13(2)22-6-7(23-13)11(21-8(6)12(19)20)18-4-17-5-9(14)15-3-16-10(5)18/h3-4,6-8,11H,1-2H3,(H,19,20)(H2,14,15,16)/t6-,7-,8+,11+/m0/s1. The molecule has 0 aliphatic carbocycles. The SMILES string of the molecule is CC1(C)O[C@H]2[C@H](O1)[C@H](C(=O)O)O[C@H]2n1cnc2c(N)ncnc21. The van der Waals surface area contributed by atoms with Crippen molar-refractivity contribution in [1.29, 1.82) is 0 Å². The molecule has 4 rings (SSSR count). The van der Waals surface area contributed by atoms with E-state index in [0.29, 0.717) is 11.2 Å². The Morgan fingerprint density at radius 1 is 1.30 bits per heavy atom. The van der Waals surface area contributed by atoms with Gasteiger partial charge in [0.2, 0.25) is 0 Å². The zero-order valence-corrected chi connectivity index (χ0v) is 12.4. The molecule has 2 aromatic heterocycles. The van der Waals surface area contributed by atoms with E-state index < -0.39 is 36.3 Å². The van der Waals surface area contributed by atoms with Crippen molar-refractivity contribution >= 4 is 23.0 Å². The third kappa shape index (κ3) is 2.06. The topological polar surface area (TPSA) is 135 Å². The maximum absolute atomic E-state index is 11.5. The van der Waals surface area contributed by atoms with E-state index in [1.54, 1.807) is 18.4 Å². The van der Waals surface area contributed by atoms with Crippen molar-refractivity contribution in [1.82, 2.24) is 19.5 Å². The Bertz CT molecular complexity index is 790. The molecule has 2 aliphatic rings. The number of aliphatic carboxylic acids is 1. The molecule has 2 fully saturated rings. The molecule has 122 valence electrons. The minimum Gasteiger partial charge on any atom is -0.479 e. The monoisotopic (exact) mass is 321 g/mol. The molecule has 23 heavy (non-hydrogen) atoms. The molecule has 0 radical (unpaired) electrons. The summed E-state index contributed by atoms with van der Waals surface area (Å²) in [7, 11) is 0. The van der Waals surface area contributed by atoms with E-state index in [1.807, 2.05) is 0 Å². The first-order valence-corrected chi connectivity index (χ1v) is 7.04. The van der Waals surface area contributed by atoms with Crippen molar-refractivity contribution in [3.63, 3.8) is 0 Å². The van der Waals surface area contributed by atoms with Crippen molar-refractivity contribution in [3.05, 3.63) is 12.7 Å². The number of hydrogen-bond acceptors (Lipinski definition) is 8. The number of carboxylic acid groups (broad SMARTS) is 1. The first kappa shape index (κ1) is 14.3. The summed E-state index contributed by atoms with van der Waals surface area (Å²) >= 11 is 0. The van der Waals surface area contributed by atoms with E-state index in [1.165, 1.54) is 12.7 Å². The van der Waals surface area contributed by atoms with Crippen LogP contribution in [-0.4, -0.2) is 54.7 Å². The lowest BCUT2D eigenvalue weighted by molar-refractivity contribution is -0.202. The molecule has 10 nitrogen and oxygen atoms in total. The van der Waals surface area contributed by atoms with Crippen LogP contribution >= 0.6 is 0 Å². The zero-order chi connectivity index (χ0) is 16.4. The van der Waals surface area contributed by atoms with Gasteiger partial charge in [-0.3, -0.25) is 4.57 Å². The summed E-state index contributed by atoms with van der Waals surface area (Å²) < 4.78 is 18.8. The van der Waals surface area contributed by atoms with Gasteiger partial charge >= 0.3 is 5.97 Å². The van der Waals surface area contributed by atoms with Gasteiger partial charge in [0.15, 0.2) is 29.6 Å². The van der Waals surface area contributed by atoms with Gasteiger partial charge in [-0.25, -0.2) is 19.7 Å². The minimum atomic E-state index is -1.14. The van der Waals surface area contributed by atoms with Crippen molar-refractivity contribution in [2.24, 2.45) is 0 Å². The number of carbonyl (C=O) groups is 1. The third-order valence-corrected chi connectivity index (χ3v) is 3.93. The summed E-state index contributed by atoms with van der Waals surface area (Å²) in [4.78, 5) is 23.7. The smallest absolute Gasteiger partial charge is 0.335 e. The van der Waals surface area contributed by atoms with Gasteiger partial charge in [0.1, 0.15) is 24.1 Å². The molecule has 0 bridgehead atoms. The molecule has 4 atom stereocenters. The maximum atomic E-state index is 11.5. The van der Waals surface area contributed by atoms with Crippen LogP contribution in [0, 0.1) is 0 Å². The zero-order valence-electron chi connectivity index (χ0n) is 12.4. The highest BCUT2D eigenvalue weighted by Crippen LogP contribution is 2.43. The second kappa shape index (κ2) is 4.60. The molecule has 3 N–H and O–H groups in total. The van der Waals surface area contributed by atoms with Crippen LogP contribution in [0.4, 0.5) is 5.82 Å². The quantitative estimate of drug-likeness (QED) is 0.777. The number of ether oxygens (including phenoxy) is 3. The predicted octanol–water partition coefficient (Wildman–Crippen LogP) is -0.0894. The molecule has 2 aromatic rings. The fourth-order valence-electron chi connectivity index (χ4n) is 3.06. The normalized spacial score (nSPS) is 32.3. The Morgan fingerprint density at radius 3 is 2.78 bits per heavy atom. The van der Waals surface area contributed by atoms with Crippen molar-refractivity contribution in [3.8, 4) is 0 Å². The molecule has 0 unspecified atom stereocenters. The van der Waals surface area contributed by atoms with Crippen LogP contribution < -0.4 is 5.73 Å². The van der Waals surface area contributed by atoms with Crippen molar-refractivity contribution in [2.45, 2.75) is 44.2 Å². The highest BCUT2D eigenvalue weighted by Gasteiger charge is 2.58. The molecular formula is C13H15N5O5. The number of fused-ring (bicyclic) bond motifs is 2. The van der Waals surface area contributed by atoms with Gasteiger partial charge < -0.3 is 25.1 Å². The van der Waals surface area contributed by atoms with Crippen molar-refractivity contribution in [2.75, 3.05) is 5.73 Å². The summed E-state index contributed by atoms with van der Waals surface area (Å²) in [5, 5.41) is 9.37. The van der Waals surface area contributed by atoms with Crippen LogP contribution in [0.25, 0.3) is 11.2 Å². The Kier molecular flexibility index (Phi) is 2.86. The van der Waals surface area contributed by atoms with Gasteiger partial charge in [0, 0.05) is 0 Å². The van der Waals surface area contributed by atoms with Gasteiger partial charge in [-0.15, -0.1) is 0 Å². The number of nitrogens with two attached hydrogens (primary N) is 1. The molecular weight excluding hydrogens is 306 g/mol. The second-order valence-corrected chi connectivity index (χ2v) is 5.93. The van der Waals surface area contributed by atoms with Gasteiger partial charge in [-0.2, -0.15) is 0 Å². The Hall–Kier alpha value is -2.30. The van der Waals surface area contributed by atoms with Gasteiger partial charge in [-0.1, -0.05) is 0 Å². The number of hydrogen-bond donors (Lipinski definition) is 2. The number of carboxylic acids is 1. The molecule has 0 aromatic carbocycles. The summed E-state index contributed by atoms with van der Waals surface area (Å²) in [6.45, 7) is 3.46. The lowest BCUT2D eigenvalue weighted by Gasteiger charge is -2.23. The van der Waals surface area contributed by atoms with Gasteiger partial charge in [0.25, 0.3) is 0 Å². The lowest BCUT2D eigenvalue weighted by Crippen LogP contribution is -2.35. The summed E-state index contributed by atoms with van der Waals surface area (Å²) in [6.07, 6.45) is -0.391. The Labute approximate surface area is 130 Å². The first-order valence-electron chi connectivity index (χ1n) is 7.04. The minimum absolute atomic E-state index is 0.238. The van der Waals surface area contributed by atoms with E-state index in [9.17, 15) is 9.90 Å². The summed E-state index contributed by atoms with van der Waals surface area (Å²) in [5.41, 5.74) is 6.64. The maximum Gasteiger partial charge on any atom is 0.335 e. The lowest BCUT2D eigenvalue weighted by atomic mass is 10.1. The van der Waals surface area contributed by atoms with Gasteiger partial charge in [-0.05, 0) is 13.8 Å². The van der Waals surface area contributed by atoms with Crippen LogP contribution in [0.1, 0.15) is 20.1 Å². The first-order chi connectivity index (χ1) is 10.9. The number of aromatic nitrogens is 4. The third-order valence-electron chi connectivity index (χ3n) is 3.93. The number of nitrogen functional groups attached to an aromatic ring is 1. The molecule has 10 heteroatoms. The molecule has 2 aliphatic heterocycles. The fraction of sp³-hybridized carbons (Fsp3) is 0.538. The van der Waals surface area contributed by atoms with E-state index in [4.69, 9.17) is 19.9 Å². The van der Waals surface area contributed by atoms with E-state index in [-0.39, 0.29) is 5.82 Å². The molecule has 4 heterocycles. The molecule has 0 amide bonds. The Balaban J connectivity index is 1.78. The number of nitrogens with zero attached hydrogens (tertiary/aromatic N) is 4. The average molecular weight is 321 g/mol. The Morgan fingerprint density at radius 2 is 2.04 bits per heavy atom. The van der Waals surface area contributed by atoms with E-state index >= 15 is 0 Å². The second-order valence-electron chi connectivity index (χ2n) is 5.93. The molecule has 2 saturated heterocycles. The largest absolute Gasteiger partial charge is 0.479 e. The average Bonchev–Trinajstić information content (AvgIpc) is 3.09. The van der Waals surface area contributed by atoms with Crippen LogP contribution in [0.3, 0.4) is 0 Å². The van der Waals surface area contributed by atoms with E-state index in [2.05, 4.69) is 15.0 Å². The number of anilines is 1. The van der Waals surface area contributed by atoms with Crippen LogP contribution in [-0.2, 0) is 19.0 Å². The summed E-state index contributed by atoms with van der Waals surface area (Å²) in [6, 6.07) is 0. The van der Waals surface area contributed by atoms with Crippen LogP contribution in [0.5, 0.6) is 0 Å². The van der Waals surface area contributed by atoms with Crippen molar-refractivity contribution < 1.29 is 24.1 Å². The highest BCUT2D eigenvalue weighted by atomic mass is 16.8. The van der Waals surface area contributed by atoms with E-state index in [0.717, 1.165) is 0 Å². The van der Waals surface area contributed by atoms with Gasteiger partial charge in [0.05, 0.1) is 6.33 Å². The highest BCUT2D eigenvalue weighted by molar-refractivity contribution is 5.81. The molecule has 0 spiro atoms. The fourth-order valence-corrected chi connectivity index (χ4v) is 3.06. The number of rotatable bonds is 2. The van der Waals surface area contributed by atoms with Crippen LogP contribution in [0.15, 0.2) is 12.7 Å². The number of imidazole rings is 1. The van der Waals surface area contributed by atoms with Crippen LogP contribution in [0.2, 0.25) is 0 Å². The predicted molar refractivity (Wildman–Crippen MR) is 75.1 cm³/mol.